The largest absolute Gasteiger partial charge is 0.0847 e. The first-order valence-corrected chi connectivity index (χ1v) is 7.77. The molecule has 0 heterocycles. The van der Waals surface area contributed by atoms with Crippen LogP contribution in [0.3, 0.4) is 0 Å². The van der Waals surface area contributed by atoms with Crippen molar-refractivity contribution in [1.29, 1.82) is 0 Å². The highest BCUT2D eigenvalue weighted by atomic mass is 14.0. The van der Waals surface area contributed by atoms with E-state index in [2.05, 4.69) is 84.1 Å². The Morgan fingerprint density at radius 3 is 2.10 bits per heavy atom. The summed E-state index contributed by atoms with van der Waals surface area (Å²) in [7, 11) is 0. The van der Waals surface area contributed by atoms with Crippen molar-refractivity contribution in [2.45, 2.75) is 60.8 Å². The predicted molar refractivity (Wildman–Crippen MR) is 93.9 cm³/mol. The molecule has 0 aromatic rings. The highest BCUT2D eigenvalue weighted by molar-refractivity contribution is 5.28. The molecule has 0 atom stereocenters. The molecule has 112 valence electrons. The van der Waals surface area contributed by atoms with Crippen LogP contribution in [0.1, 0.15) is 60.8 Å². The Labute approximate surface area is 126 Å². The molecule has 0 aliphatic carbocycles. The highest BCUT2D eigenvalue weighted by Crippen LogP contribution is 2.11. The molecule has 0 aliphatic heterocycles. The lowest BCUT2D eigenvalue weighted by Gasteiger charge is -2.03. The van der Waals surface area contributed by atoms with Gasteiger partial charge in [0, 0.05) is 0 Å². The fourth-order valence-electron chi connectivity index (χ4n) is 1.74. The number of rotatable bonds is 8. The third kappa shape index (κ3) is 11.8. The molecular formula is C20H32. The van der Waals surface area contributed by atoms with E-state index in [0.29, 0.717) is 0 Å². The van der Waals surface area contributed by atoms with E-state index in [-0.39, 0.29) is 0 Å². The molecule has 0 nitrogen and oxygen atoms in total. The molecule has 0 spiro atoms. The van der Waals surface area contributed by atoms with E-state index in [9.17, 15) is 0 Å². The van der Waals surface area contributed by atoms with Gasteiger partial charge in [0.25, 0.3) is 0 Å². The molecule has 0 unspecified atom stereocenters. The maximum atomic E-state index is 2.29. The molecule has 0 radical (unpaired) electrons. The van der Waals surface area contributed by atoms with Crippen LogP contribution in [0.4, 0.5) is 0 Å². The van der Waals surface area contributed by atoms with Crippen molar-refractivity contribution in [2.24, 2.45) is 5.92 Å². The topological polar surface area (TPSA) is 0 Å². The Hall–Kier alpha value is -1.30. The van der Waals surface area contributed by atoms with Crippen LogP contribution in [0.25, 0.3) is 0 Å². The molecule has 0 saturated carbocycles. The highest BCUT2D eigenvalue weighted by Gasteiger charge is 1.94. The summed E-state index contributed by atoms with van der Waals surface area (Å²) in [5.74, 6) is 0.816. The van der Waals surface area contributed by atoms with Gasteiger partial charge in [0.05, 0.1) is 0 Å². The van der Waals surface area contributed by atoms with E-state index in [0.717, 1.165) is 5.92 Å². The standard InChI is InChI=1S/C20H32/c1-7-18(4)12-9-14-20(6)16-10-15-19(5)13-8-11-17(2)3/h7,9-10,12,14-17H,8,11,13H2,1-6H3. The van der Waals surface area contributed by atoms with Gasteiger partial charge in [-0.05, 0) is 46.5 Å². The van der Waals surface area contributed by atoms with E-state index in [1.165, 1.54) is 36.0 Å². The zero-order valence-corrected chi connectivity index (χ0v) is 14.2. The number of allylic oxidation sites excluding steroid dienone is 10. The Bertz CT molecular complexity index is 398. The van der Waals surface area contributed by atoms with Gasteiger partial charge in [0.1, 0.15) is 0 Å². The van der Waals surface area contributed by atoms with Crippen molar-refractivity contribution in [2.75, 3.05) is 0 Å². The first kappa shape index (κ1) is 18.7. The number of hydrogen-bond donors (Lipinski definition) is 0. The van der Waals surface area contributed by atoms with Crippen LogP contribution in [-0.4, -0.2) is 0 Å². The summed E-state index contributed by atoms with van der Waals surface area (Å²) in [4.78, 5) is 0. The number of hydrogen-bond acceptors (Lipinski definition) is 0. The van der Waals surface area contributed by atoms with E-state index in [1.807, 2.05) is 0 Å². The van der Waals surface area contributed by atoms with Crippen LogP contribution in [0.15, 0.2) is 59.3 Å². The fraction of sp³-hybridized carbons (Fsp3) is 0.500. The Kier molecular flexibility index (Phi) is 10.8. The molecular weight excluding hydrogens is 240 g/mol. The molecule has 0 aromatic heterocycles. The summed E-state index contributed by atoms with van der Waals surface area (Å²) in [5, 5.41) is 0. The quantitative estimate of drug-likeness (QED) is 0.427. The second-order valence-electron chi connectivity index (χ2n) is 5.96. The van der Waals surface area contributed by atoms with Crippen molar-refractivity contribution in [3.63, 3.8) is 0 Å². The molecule has 0 rings (SSSR count). The van der Waals surface area contributed by atoms with Crippen molar-refractivity contribution < 1.29 is 0 Å². The van der Waals surface area contributed by atoms with Crippen LogP contribution in [0.2, 0.25) is 0 Å². The van der Waals surface area contributed by atoms with Crippen LogP contribution in [0.5, 0.6) is 0 Å². The SMILES string of the molecule is CC=C(C)C=CC=C(C)C=CC=C(C)CCCC(C)C. The molecule has 20 heavy (non-hydrogen) atoms. The lowest BCUT2D eigenvalue weighted by molar-refractivity contribution is 0.555. The summed E-state index contributed by atoms with van der Waals surface area (Å²) in [6.07, 6.45) is 18.9. The van der Waals surface area contributed by atoms with Crippen LogP contribution in [-0.2, 0) is 0 Å². The van der Waals surface area contributed by atoms with Crippen LogP contribution < -0.4 is 0 Å². The summed E-state index contributed by atoms with van der Waals surface area (Å²) >= 11 is 0. The van der Waals surface area contributed by atoms with Gasteiger partial charge in [-0.25, -0.2) is 0 Å². The molecule has 0 saturated heterocycles. The minimum Gasteiger partial charge on any atom is -0.0847 e. The molecule has 0 heteroatoms. The van der Waals surface area contributed by atoms with Crippen molar-refractivity contribution in [3.05, 3.63) is 59.3 Å². The van der Waals surface area contributed by atoms with Gasteiger partial charge in [0.15, 0.2) is 0 Å². The van der Waals surface area contributed by atoms with Crippen molar-refractivity contribution in [3.8, 4) is 0 Å². The summed E-state index contributed by atoms with van der Waals surface area (Å²) in [6.45, 7) is 13.1. The zero-order valence-electron chi connectivity index (χ0n) is 14.2. The average molecular weight is 272 g/mol. The molecule has 0 amide bonds. The average Bonchev–Trinajstić information content (AvgIpc) is 2.38. The smallest absolute Gasteiger partial charge is 0.0320 e. The lowest BCUT2D eigenvalue weighted by atomic mass is 10.0. The van der Waals surface area contributed by atoms with E-state index in [4.69, 9.17) is 0 Å². The normalized spacial score (nSPS) is 15.1. The predicted octanol–water partition coefficient (Wildman–Crippen LogP) is 6.78. The van der Waals surface area contributed by atoms with E-state index < -0.39 is 0 Å². The summed E-state index contributed by atoms with van der Waals surface area (Å²) in [6, 6.07) is 0. The fourth-order valence-corrected chi connectivity index (χ4v) is 1.74. The zero-order chi connectivity index (χ0) is 15.4. The summed E-state index contributed by atoms with van der Waals surface area (Å²) in [5.41, 5.74) is 4.03. The van der Waals surface area contributed by atoms with Crippen molar-refractivity contribution >= 4 is 0 Å². The molecule has 0 fully saturated rings. The minimum absolute atomic E-state index is 0.816. The van der Waals surface area contributed by atoms with Gasteiger partial charge in [-0.3, -0.25) is 0 Å². The van der Waals surface area contributed by atoms with Crippen molar-refractivity contribution in [1.82, 2.24) is 0 Å². The third-order valence-electron chi connectivity index (χ3n) is 3.27. The first-order chi connectivity index (χ1) is 9.45. The minimum atomic E-state index is 0.816. The second kappa shape index (κ2) is 11.5. The third-order valence-corrected chi connectivity index (χ3v) is 3.27. The van der Waals surface area contributed by atoms with E-state index in [1.54, 1.807) is 0 Å². The summed E-state index contributed by atoms with van der Waals surface area (Å²) < 4.78 is 0. The molecule has 0 aliphatic rings. The Morgan fingerprint density at radius 2 is 1.50 bits per heavy atom. The monoisotopic (exact) mass is 272 g/mol. The maximum Gasteiger partial charge on any atom is -0.0320 e. The van der Waals surface area contributed by atoms with Gasteiger partial charge in [-0.1, -0.05) is 79.5 Å². The Morgan fingerprint density at radius 1 is 0.900 bits per heavy atom. The van der Waals surface area contributed by atoms with Gasteiger partial charge < -0.3 is 0 Å². The van der Waals surface area contributed by atoms with Gasteiger partial charge >= 0.3 is 0 Å². The molecule has 0 N–H and O–H groups in total. The van der Waals surface area contributed by atoms with Crippen LogP contribution >= 0.6 is 0 Å². The van der Waals surface area contributed by atoms with E-state index >= 15 is 0 Å². The van der Waals surface area contributed by atoms with Gasteiger partial charge in [0.2, 0.25) is 0 Å². The first-order valence-electron chi connectivity index (χ1n) is 7.77. The molecule has 0 bridgehead atoms. The van der Waals surface area contributed by atoms with Gasteiger partial charge in [-0.15, -0.1) is 0 Å². The lowest BCUT2D eigenvalue weighted by Crippen LogP contribution is -1.87. The second-order valence-corrected chi connectivity index (χ2v) is 5.96. The maximum absolute atomic E-state index is 2.29. The van der Waals surface area contributed by atoms with Gasteiger partial charge in [-0.2, -0.15) is 0 Å². The van der Waals surface area contributed by atoms with Crippen LogP contribution in [0, 0.1) is 5.92 Å². The molecule has 0 aromatic carbocycles. The Balaban J connectivity index is 4.21.